The average Bonchev–Trinajstić information content (AvgIpc) is 2.46. The van der Waals surface area contributed by atoms with E-state index in [4.69, 9.17) is 0 Å². The summed E-state index contributed by atoms with van der Waals surface area (Å²) in [6.45, 7) is 0. The Bertz CT molecular complexity index is 531. The van der Waals surface area contributed by atoms with Crippen LogP contribution in [0.4, 0.5) is 0 Å². The standard InChI is InChI=1S/C18H21NO/c19-10-13-3-1-2-4-16(13)18(20)17-14-6-11-5-12(8-14)9-15(17)7-11/h1-4,11-12,14-15,17-18,20H,5-9H2. The maximum absolute atomic E-state index is 10.9. The van der Waals surface area contributed by atoms with E-state index in [0.717, 1.165) is 17.4 Å². The van der Waals surface area contributed by atoms with Crippen molar-refractivity contribution in [1.82, 2.24) is 0 Å². The molecule has 1 aromatic rings. The van der Waals surface area contributed by atoms with Crippen molar-refractivity contribution < 1.29 is 5.11 Å². The second-order valence-electron chi connectivity index (χ2n) is 7.15. The summed E-state index contributed by atoms with van der Waals surface area (Å²) in [6, 6.07) is 9.83. The van der Waals surface area contributed by atoms with Crippen LogP contribution in [-0.2, 0) is 0 Å². The molecule has 1 N–H and O–H groups in total. The summed E-state index contributed by atoms with van der Waals surface area (Å²) in [7, 11) is 0. The first-order chi connectivity index (χ1) is 9.76. The third-order valence-electron chi connectivity index (χ3n) is 6.06. The van der Waals surface area contributed by atoms with Crippen LogP contribution in [0, 0.1) is 40.9 Å². The Balaban J connectivity index is 1.66. The van der Waals surface area contributed by atoms with Crippen LogP contribution in [0.3, 0.4) is 0 Å². The minimum atomic E-state index is -0.444. The molecule has 0 radical (unpaired) electrons. The van der Waals surface area contributed by atoms with Gasteiger partial charge < -0.3 is 5.11 Å². The normalized spacial score (nSPS) is 39.5. The number of rotatable bonds is 2. The van der Waals surface area contributed by atoms with Crippen molar-refractivity contribution in [3.05, 3.63) is 35.4 Å². The van der Waals surface area contributed by atoms with Crippen LogP contribution in [0.2, 0.25) is 0 Å². The molecule has 1 aromatic carbocycles. The quantitative estimate of drug-likeness (QED) is 0.888. The van der Waals surface area contributed by atoms with Crippen molar-refractivity contribution in [3.63, 3.8) is 0 Å². The SMILES string of the molecule is N#Cc1ccccc1C(O)C1C2CC3CC(C2)CC1C3. The van der Waals surface area contributed by atoms with Gasteiger partial charge in [-0.05, 0) is 73.3 Å². The molecule has 0 heterocycles. The fraction of sp³-hybridized carbons (Fsp3) is 0.611. The van der Waals surface area contributed by atoms with Gasteiger partial charge in [0, 0.05) is 0 Å². The van der Waals surface area contributed by atoms with Crippen LogP contribution in [0.1, 0.15) is 49.3 Å². The molecule has 104 valence electrons. The maximum atomic E-state index is 10.9. The zero-order valence-corrected chi connectivity index (χ0v) is 11.7. The largest absolute Gasteiger partial charge is 0.388 e. The fourth-order valence-electron chi connectivity index (χ4n) is 5.55. The molecule has 0 amide bonds. The zero-order valence-electron chi connectivity index (χ0n) is 11.7. The molecule has 0 saturated heterocycles. The number of aliphatic hydroxyl groups is 1. The lowest BCUT2D eigenvalue weighted by atomic mass is 9.50. The van der Waals surface area contributed by atoms with E-state index in [0.29, 0.717) is 23.3 Å². The molecule has 0 spiro atoms. The molecule has 4 aliphatic rings. The van der Waals surface area contributed by atoms with Gasteiger partial charge in [0.05, 0.1) is 17.7 Å². The number of nitrogens with zero attached hydrogens (tertiary/aromatic N) is 1. The van der Waals surface area contributed by atoms with Gasteiger partial charge in [-0.3, -0.25) is 0 Å². The molecule has 4 saturated carbocycles. The van der Waals surface area contributed by atoms with Crippen molar-refractivity contribution in [2.24, 2.45) is 29.6 Å². The van der Waals surface area contributed by atoms with E-state index in [1.807, 2.05) is 24.3 Å². The lowest BCUT2D eigenvalue weighted by molar-refractivity contribution is -0.0908. The fourth-order valence-corrected chi connectivity index (χ4v) is 5.55. The monoisotopic (exact) mass is 267 g/mol. The molecule has 1 unspecified atom stereocenters. The Kier molecular flexibility index (Phi) is 2.86. The number of nitriles is 1. The van der Waals surface area contributed by atoms with Gasteiger partial charge >= 0.3 is 0 Å². The lowest BCUT2D eigenvalue weighted by Gasteiger charge is -2.55. The van der Waals surface area contributed by atoms with E-state index in [1.54, 1.807) is 0 Å². The minimum Gasteiger partial charge on any atom is -0.388 e. The van der Waals surface area contributed by atoms with E-state index in [2.05, 4.69) is 6.07 Å². The van der Waals surface area contributed by atoms with Gasteiger partial charge in [-0.1, -0.05) is 18.2 Å². The van der Waals surface area contributed by atoms with Crippen LogP contribution in [0.25, 0.3) is 0 Å². The van der Waals surface area contributed by atoms with Crippen molar-refractivity contribution in [2.45, 2.75) is 38.2 Å². The topological polar surface area (TPSA) is 44.0 Å². The van der Waals surface area contributed by atoms with E-state index in [1.165, 1.54) is 32.1 Å². The molecule has 2 nitrogen and oxygen atoms in total. The second-order valence-corrected chi connectivity index (χ2v) is 7.15. The Labute approximate surface area is 120 Å². The van der Waals surface area contributed by atoms with Crippen molar-refractivity contribution in [3.8, 4) is 6.07 Å². The van der Waals surface area contributed by atoms with Gasteiger partial charge in [0.15, 0.2) is 0 Å². The van der Waals surface area contributed by atoms with Crippen LogP contribution in [-0.4, -0.2) is 5.11 Å². The van der Waals surface area contributed by atoms with E-state index >= 15 is 0 Å². The van der Waals surface area contributed by atoms with Gasteiger partial charge in [-0.15, -0.1) is 0 Å². The Hall–Kier alpha value is -1.33. The summed E-state index contributed by atoms with van der Waals surface area (Å²) in [5.74, 6) is 3.61. The van der Waals surface area contributed by atoms with Crippen LogP contribution < -0.4 is 0 Å². The maximum Gasteiger partial charge on any atom is 0.0995 e. The summed E-state index contributed by atoms with van der Waals surface area (Å²) >= 11 is 0. The zero-order chi connectivity index (χ0) is 13.7. The Morgan fingerprint density at radius 2 is 1.60 bits per heavy atom. The molecule has 4 aliphatic carbocycles. The molecule has 0 aromatic heterocycles. The van der Waals surface area contributed by atoms with E-state index in [9.17, 15) is 10.4 Å². The predicted octanol–water partition coefficient (Wildman–Crippen LogP) is 3.66. The summed E-state index contributed by atoms with van der Waals surface area (Å²) in [4.78, 5) is 0. The molecular weight excluding hydrogens is 246 g/mol. The smallest absolute Gasteiger partial charge is 0.0995 e. The molecule has 1 atom stereocenters. The van der Waals surface area contributed by atoms with Gasteiger partial charge in [-0.2, -0.15) is 5.26 Å². The highest BCUT2D eigenvalue weighted by Crippen LogP contribution is 2.59. The third kappa shape index (κ3) is 1.80. The highest BCUT2D eigenvalue weighted by Gasteiger charge is 2.50. The van der Waals surface area contributed by atoms with Crippen molar-refractivity contribution in [2.75, 3.05) is 0 Å². The molecular formula is C18H21NO. The molecule has 0 aliphatic heterocycles. The summed E-state index contributed by atoms with van der Waals surface area (Å²) < 4.78 is 0. The van der Waals surface area contributed by atoms with Crippen molar-refractivity contribution in [1.29, 1.82) is 5.26 Å². The molecule has 20 heavy (non-hydrogen) atoms. The molecule has 4 fully saturated rings. The first-order valence-corrected chi connectivity index (χ1v) is 7.93. The Morgan fingerprint density at radius 1 is 1.00 bits per heavy atom. The van der Waals surface area contributed by atoms with Crippen LogP contribution >= 0.6 is 0 Å². The molecule has 5 rings (SSSR count). The third-order valence-corrected chi connectivity index (χ3v) is 6.06. The minimum absolute atomic E-state index is 0.386. The van der Waals surface area contributed by atoms with Gasteiger partial charge in [0.25, 0.3) is 0 Å². The molecule has 2 heteroatoms. The van der Waals surface area contributed by atoms with Crippen molar-refractivity contribution >= 4 is 0 Å². The van der Waals surface area contributed by atoms with E-state index < -0.39 is 6.10 Å². The molecule has 4 bridgehead atoms. The first kappa shape index (κ1) is 12.4. The van der Waals surface area contributed by atoms with Gasteiger partial charge in [0.2, 0.25) is 0 Å². The number of aliphatic hydroxyl groups excluding tert-OH is 1. The number of benzene rings is 1. The summed E-state index contributed by atoms with van der Waals surface area (Å²) in [5.41, 5.74) is 1.50. The van der Waals surface area contributed by atoms with Gasteiger partial charge in [-0.25, -0.2) is 0 Å². The Morgan fingerprint density at radius 3 is 2.20 bits per heavy atom. The first-order valence-electron chi connectivity index (χ1n) is 7.93. The van der Waals surface area contributed by atoms with Crippen LogP contribution in [0.15, 0.2) is 24.3 Å². The second kappa shape index (κ2) is 4.60. The highest BCUT2D eigenvalue weighted by molar-refractivity contribution is 5.39. The summed E-state index contributed by atoms with van der Waals surface area (Å²) in [5, 5.41) is 20.2. The van der Waals surface area contributed by atoms with Gasteiger partial charge in [0.1, 0.15) is 0 Å². The average molecular weight is 267 g/mol. The highest BCUT2D eigenvalue weighted by atomic mass is 16.3. The van der Waals surface area contributed by atoms with Crippen LogP contribution in [0.5, 0.6) is 0 Å². The number of hydrogen-bond acceptors (Lipinski definition) is 2. The van der Waals surface area contributed by atoms with E-state index in [-0.39, 0.29) is 0 Å². The lowest BCUT2D eigenvalue weighted by Crippen LogP contribution is -2.47. The number of hydrogen-bond donors (Lipinski definition) is 1. The summed E-state index contributed by atoms with van der Waals surface area (Å²) in [6.07, 6.45) is 6.23. The predicted molar refractivity (Wildman–Crippen MR) is 76.7 cm³/mol.